The monoisotopic (exact) mass is 376 g/mol. The first-order valence-electron chi connectivity index (χ1n) is 9.46. The van der Waals surface area contributed by atoms with Crippen LogP contribution in [0.3, 0.4) is 0 Å². The number of nitrogens with zero attached hydrogens (tertiary/aromatic N) is 1. The molecule has 1 aromatic carbocycles. The third-order valence-electron chi connectivity index (χ3n) is 4.32. The number of piperidine rings is 1. The van der Waals surface area contributed by atoms with E-state index in [1.54, 1.807) is 29.2 Å². The number of hydrogen-bond donors (Lipinski definition) is 3. The van der Waals surface area contributed by atoms with Gasteiger partial charge in [-0.2, -0.15) is 0 Å². The average Bonchev–Trinajstić information content (AvgIpc) is 2.65. The number of nitrogens with two attached hydrogens (primary N) is 2. The highest BCUT2D eigenvalue weighted by Gasteiger charge is 2.26. The van der Waals surface area contributed by atoms with Crippen LogP contribution >= 0.6 is 0 Å². The zero-order valence-corrected chi connectivity index (χ0v) is 16.5. The van der Waals surface area contributed by atoms with E-state index >= 15 is 0 Å². The number of carbonyl (C=O) groups excluding carboxylic acids is 3. The molecule has 0 spiro atoms. The summed E-state index contributed by atoms with van der Waals surface area (Å²) in [6.07, 6.45) is 3.33. The molecule has 0 radical (unpaired) electrons. The fourth-order valence-electron chi connectivity index (χ4n) is 2.61. The normalized spacial score (nSPS) is 18.9. The van der Waals surface area contributed by atoms with Gasteiger partial charge >= 0.3 is 0 Å². The van der Waals surface area contributed by atoms with Crippen LogP contribution in [0.1, 0.15) is 60.7 Å². The summed E-state index contributed by atoms with van der Waals surface area (Å²) in [5.74, 6) is -0.631. The van der Waals surface area contributed by atoms with Crippen molar-refractivity contribution in [3.05, 3.63) is 35.4 Å². The van der Waals surface area contributed by atoms with Gasteiger partial charge in [0.05, 0.1) is 6.54 Å². The number of rotatable bonds is 5. The molecule has 1 aromatic rings. The average molecular weight is 377 g/mol. The molecule has 2 atom stereocenters. The van der Waals surface area contributed by atoms with E-state index in [0.717, 1.165) is 0 Å². The van der Waals surface area contributed by atoms with Gasteiger partial charge in [-0.3, -0.25) is 14.4 Å². The van der Waals surface area contributed by atoms with E-state index in [9.17, 15) is 14.4 Å². The van der Waals surface area contributed by atoms with Gasteiger partial charge in [0.2, 0.25) is 5.91 Å². The number of Topliss-reactive ketones (excluding diaryl/α,β-unsaturated/α-hetero) is 1. The van der Waals surface area contributed by atoms with Crippen LogP contribution in [0.25, 0.3) is 0 Å². The highest BCUT2D eigenvalue weighted by Crippen LogP contribution is 2.08. The van der Waals surface area contributed by atoms with Gasteiger partial charge in [-0.05, 0) is 25.5 Å². The van der Waals surface area contributed by atoms with Crippen LogP contribution in [0.15, 0.2) is 24.3 Å². The number of hydrogen-bond acceptors (Lipinski definition) is 5. The van der Waals surface area contributed by atoms with Crippen LogP contribution in [-0.2, 0) is 4.79 Å². The Morgan fingerprint density at radius 3 is 1.93 bits per heavy atom. The minimum Gasteiger partial charge on any atom is -0.343 e. The number of likely N-dealkylation sites (tertiary alicyclic amines) is 1. The molecule has 0 saturated carbocycles. The largest absolute Gasteiger partial charge is 0.343 e. The Labute approximate surface area is 161 Å². The van der Waals surface area contributed by atoms with Gasteiger partial charge in [0.25, 0.3) is 5.91 Å². The number of amides is 2. The van der Waals surface area contributed by atoms with Crippen molar-refractivity contribution in [2.75, 3.05) is 19.6 Å². The number of carbonyl (C=O) groups is 3. The lowest BCUT2D eigenvalue weighted by atomic mass is 10.0. The van der Waals surface area contributed by atoms with Crippen molar-refractivity contribution >= 4 is 17.6 Å². The predicted molar refractivity (Wildman–Crippen MR) is 107 cm³/mol. The predicted octanol–water partition coefficient (Wildman–Crippen LogP) is 1.31. The third-order valence-corrected chi connectivity index (χ3v) is 4.32. The van der Waals surface area contributed by atoms with Gasteiger partial charge in [0, 0.05) is 36.3 Å². The standard InChI is InChI=1S/C16H22N4O3.C4H10/c1-10(21)11-2-4-12(5-3-11)16(23)19-7-15(22)20-8-13(17)6-14(18)9-20;1-3-4-2/h2-5,13-14H,6-9,17-18H2,1H3,(H,19,23);3-4H2,1-2H3. The lowest BCUT2D eigenvalue weighted by molar-refractivity contribution is -0.131. The molecule has 2 rings (SSSR count). The quantitative estimate of drug-likeness (QED) is 0.670. The molecule has 1 heterocycles. The van der Waals surface area contributed by atoms with Crippen molar-refractivity contribution in [3.63, 3.8) is 0 Å². The van der Waals surface area contributed by atoms with Gasteiger partial charge in [0.1, 0.15) is 0 Å². The zero-order valence-electron chi connectivity index (χ0n) is 16.5. The first-order valence-corrected chi connectivity index (χ1v) is 9.46. The van der Waals surface area contributed by atoms with E-state index < -0.39 is 0 Å². The molecule has 1 saturated heterocycles. The Kier molecular flexibility index (Phi) is 9.67. The van der Waals surface area contributed by atoms with E-state index in [4.69, 9.17) is 11.5 Å². The Balaban J connectivity index is 0.000000828. The Morgan fingerprint density at radius 2 is 1.48 bits per heavy atom. The maximum atomic E-state index is 12.1. The smallest absolute Gasteiger partial charge is 0.251 e. The molecule has 2 unspecified atom stereocenters. The van der Waals surface area contributed by atoms with Gasteiger partial charge in [-0.1, -0.05) is 38.8 Å². The first-order chi connectivity index (χ1) is 12.8. The zero-order chi connectivity index (χ0) is 20.4. The lowest BCUT2D eigenvalue weighted by Gasteiger charge is -2.34. The van der Waals surface area contributed by atoms with Gasteiger partial charge in [-0.25, -0.2) is 0 Å². The molecule has 1 aliphatic rings. The topological polar surface area (TPSA) is 119 Å². The summed E-state index contributed by atoms with van der Waals surface area (Å²) in [5, 5.41) is 2.58. The van der Waals surface area contributed by atoms with Crippen molar-refractivity contribution in [1.82, 2.24) is 10.2 Å². The summed E-state index contributed by atoms with van der Waals surface area (Å²) in [6, 6.07) is 6.03. The van der Waals surface area contributed by atoms with Crippen LogP contribution in [0.5, 0.6) is 0 Å². The van der Waals surface area contributed by atoms with Crippen LogP contribution in [-0.4, -0.2) is 54.2 Å². The number of ketones is 1. The molecule has 7 heteroatoms. The second kappa shape index (κ2) is 11.5. The second-order valence-corrected chi connectivity index (χ2v) is 6.87. The molecule has 7 nitrogen and oxygen atoms in total. The summed E-state index contributed by atoms with van der Waals surface area (Å²) in [5.41, 5.74) is 12.6. The Bertz CT molecular complexity index is 619. The fraction of sp³-hybridized carbons (Fsp3) is 0.550. The van der Waals surface area contributed by atoms with Crippen LogP contribution in [0.4, 0.5) is 0 Å². The van der Waals surface area contributed by atoms with Crippen LogP contribution in [0, 0.1) is 0 Å². The van der Waals surface area contributed by atoms with Gasteiger partial charge in [-0.15, -0.1) is 0 Å². The molecule has 0 bridgehead atoms. The number of unbranched alkanes of at least 4 members (excludes halogenated alkanes) is 1. The molecule has 1 fully saturated rings. The molecule has 150 valence electrons. The Morgan fingerprint density at radius 1 is 1.00 bits per heavy atom. The molecular formula is C20H32N4O3. The van der Waals surface area contributed by atoms with Gasteiger partial charge in [0.15, 0.2) is 5.78 Å². The summed E-state index contributed by atoms with van der Waals surface area (Å²) in [6.45, 7) is 6.62. The van der Waals surface area contributed by atoms with E-state index in [1.165, 1.54) is 19.8 Å². The minimum absolute atomic E-state index is 0.0649. The molecule has 5 N–H and O–H groups in total. The lowest BCUT2D eigenvalue weighted by Crippen LogP contribution is -2.55. The molecule has 2 amide bonds. The van der Waals surface area contributed by atoms with Crippen molar-refractivity contribution in [2.24, 2.45) is 11.5 Å². The first kappa shape index (κ1) is 22.8. The van der Waals surface area contributed by atoms with Crippen molar-refractivity contribution in [2.45, 2.75) is 52.1 Å². The van der Waals surface area contributed by atoms with E-state index in [1.807, 2.05) is 0 Å². The molecule has 0 aromatic heterocycles. The maximum Gasteiger partial charge on any atom is 0.251 e. The second-order valence-electron chi connectivity index (χ2n) is 6.87. The SMILES string of the molecule is CC(=O)c1ccc(C(=O)NCC(=O)N2CC(N)CC(N)C2)cc1.CCCC. The highest BCUT2D eigenvalue weighted by molar-refractivity contribution is 5.98. The summed E-state index contributed by atoms with van der Waals surface area (Å²) in [4.78, 5) is 36.9. The number of benzene rings is 1. The van der Waals surface area contributed by atoms with E-state index in [2.05, 4.69) is 19.2 Å². The summed E-state index contributed by atoms with van der Waals surface area (Å²) >= 11 is 0. The molecular weight excluding hydrogens is 344 g/mol. The minimum atomic E-state index is -0.362. The molecule has 27 heavy (non-hydrogen) atoms. The van der Waals surface area contributed by atoms with Crippen molar-refractivity contribution in [3.8, 4) is 0 Å². The van der Waals surface area contributed by atoms with Crippen molar-refractivity contribution in [1.29, 1.82) is 0 Å². The summed E-state index contributed by atoms with van der Waals surface area (Å²) in [7, 11) is 0. The maximum absolute atomic E-state index is 12.1. The van der Waals surface area contributed by atoms with Crippen LogP contribution < -0.4 is 16.8 Å². The summed E-state index contributed by atoms with van der Waals surface area (Å²) < 4.78 is 0. The Hall–Kier alpha value is -2.25. The molecule has 0 aliphatic carbocycles. The fourth-order valence-corrected chi connectivity index (χ4v) is 2.61. The number of nitrogens with one attached hydrogen (secondary N) is 1. The third kappa shape index (κ3) is 7.88. The van der Waals surface area contributed by atoms with Crippen LogP contribution in [0.2, 0.25) is 0 Å². The van der Waals surface area contributed by atoms with Gasteiger partial charge < -0.3 is 21.7 Å². The molecule has 1 aliphatic heterocycles. The van der Waals surface area contributed by atoms with Crippen molar-refractivity contribution < 1.29 is 14.4 Å². The van der Waals surface area contributed by atoms with E-state index in [-0.39, 0.29) is 36.2 Å². The highest BCUT2D eigenvalue weighted by atomic mass is 16.2. The van der Waals surface area contributed by atoms with E-state index in [0.29, 0.717) is 30.6 Å².